The first-order valence-electron chi connectivity index (χ1n) is 13.1. The van der Waals surface area contributed by atoms with Crippen molar-refractivity contribution >= 4 is 11.6 Å². The first-order valence-corrected chi connectivity index (χ1v) is 13.1. The summed E-state index contributed by atoms with van der Waals surface area (Å²) >= 11 is 0. The van der Waals surface area contributed by atoms with Crippen molar-refractivity contribution in [2.45, 2.75) is 52.0 Å². The lowest BCUT2D eigenvalue weighted by Gasteiger charge is -2.26. The Labute approximate surface area is 217 Å². The van der Waals surface area contributed by atoms with Gasteiger partial charge in [-0.2, -0.15) is 13.2 Å². The molecule has 1 heterocycles. The number of anilines is 1. The Morgan fingerprint density at radius 2 is 1.95 bits per heavy atom. The molecular formula is C28H37F3N4O2. The van der Waals surface area contributed by atoms with E-state index in [-0.39, 0.29) is 30.6 Å². The summed E-state index contributed by atoms with van der Waals surface area (Å²) in [7, 11) is 0. The third kappa shape index (κ3) is 7.85. The molecule has 1 aliphatic carbocycles. The SMILES string of the molecule is CC(C)NCCN(Cc1ccccc1C(F)(F)F)C(=O)CNc1cccc2c1OCCN(CC1CC1)C2. The molecule has 0 atom stereocenters. The Kier molecular flexibility index (Phi) is 8.97. The normalized spacial score (nSPS) is 16.2. The van der Waals surface area contributed by atoms with Gasteiger partial charge in [0.2, 0.25) is 5.91 Å². The molecule has 0 bridgehead atoms. The van der Waals surface area contributed by atoms with Gasteiger partial charge in [0.05, 0.1) is 17.8 Å². The van der Waals surface area contributed by atoms with Gasteiger partial charge in [-0.25, -0.2) is 0 Å². The van der Waals surface area contributed by atoms with Gasteiger partial charge in [-0.15, -0.1) is 0 Å². The van der Waals surface area contributed by atoms with E-state index in [2.05, 4.69) is 15.5 Å². The van der Waals surface area contributed by atoms with Crippen LogP contribution < -0.4 is 15.4 Å². The van der Waals surface area contributed by atoms with E-state index in [1.165, 1.54) is 29.9 Å². The molecule has 0 radical (unpaired) electrons. The lowest BCUT2D eigenvalue weighted by Crippen LogP contribution is -2.41. The number of ether oxygens (including phenoxy) is 1. The van der Waals surface area contributed by atoms with Crippen molar-refractivity contribution in [2.75, 3.05) is 44.6 Å². The number of nitrogens with zero attached hydrogens (tertiary/aromatic N) is 2. The maximum Gasteiger partial charge on any atom is 0.416 e. The molecule has 1 saturated carbocycles. The summed E-state index contributed by atoms with van der Waals surface area (Å²) in [4.78, 5) is 17.2. The highest BCUT2D eigenvalue weighted by molar-refractivity contribution is 5.81. The van der Waals surface area contributed by atoms with Gasteiger partial charge < -0.3 is 20.3 Å². The molecule has 2 aromatic rings. The molecule has 2 aromatic carbocycles. The number of rotatable bonds is 11. The maximum absolute atomic E-state index is 13.6. The Morgan fingerprint density at radius 3 is 2.68 bits per heavy atom. The van der Waals surface area contributed by atoms with E-state index in [0.29, 0.717) is 19.7 Å². The summed E-state index contributed by atoms with van der Waals surface area (Å²) in [5.74, 6) is 1.27. The van der Waals surface area contributed by atoms with Gasteiger partial charge in [-0.1, -0.05) is 44.2 Å². The summed E-state index contributed by atoms with van der Waals surface area (Å²) in [6.45, 7) is 7.92. The molecule has 202 valence electrons. The smallest absolute Gasteiger partial charge is 0.416 e. The number of halogens is 3. The van der Waals surface area contributed by atoms with Crippen LogP contribution in [-0.4, -0.2) is 61.1 Å². The Bertz CT molecular complexity index is 1060. The predicted octanol–water partition coefficient (Wildman–Crippen LogP) is 4.75. The summed E-state index contributed by atoms with van der Waals surface area (Å²) < 4.78 is 46.8. The first kappa shape index (κ1) is 27.3. The van der Waals surface area contributed by atoms with Crippen LogP contribution in [0.2, 0.25) is 0 Å². The van der Waals surface area contributed by atoms with Gasteiger partial charge in [0.25, 0.3) is 0 Å². The Hall–Kier alpha value is -2.78. The standard InChI is InChI=1S/C28H37F3N4O2/c1-20(2)32-12-13-35(19-22-6-3-4-8-24(22)28(29,30)31)26(36)16-33-25-9-5-7-23-18-34(17-21-10-11-21)14-15-37-27(23)25/h3-9,20-21,32-33H,10-19H2,1-2H3. The molecule has 0 spiro atoms. The minimum Gasteiger partial charge on any atom is -0.490 e. The van der Waals surface area contributed by atoms with Crippen LogP contribution in [0.15, 0.2) is 42.5 Å². The fourth-order valence-electron chi connectivity index (χ4n) is 4.64. The van der Waals surface area contributed by atoms with Crippen molar-refractivity contribution in [3.05, 3.63) is 59.2 Å². The molecule has 9 heteroatoms. The summed E-state index contributed by atoms with van der Waals surface area (Å²) in [5.41, 5.74) is 1.18. The monoisotopic (exact) mass is 518 g/mol. The number of nitrogens with one attached hydrogen (secondary N) is 2. The van der Waals surface area contributed by atoms with Gasteiger partial charge in [-0.05, 0) is 36.5 Å². The zero-order valence-electron chi connectivity index (χ0n) is 21.6. The second-order valence-corrected chi connectivity index (χ2v) is 10.3. The summed E-state index contributed by atoms with van der Waals surface area (Å²) in [6.07, 6.45) is -1.89. The van der Waals surface area contributed by atoms with E-state index in [1.807, 2.05) is 32.0 Å². The predicted molar refractivity (Wildman–Crippen MR) is 138 cm³/mol. The number of carbonyl (C=O) groups excluding carboxylic acids is 1. The zero-order valence-corrected chi connectivity index (χ0v) is 21.6. The molecule has 1 amide bonds. The highest BCUT2D eigenvalue weighted by Crippen LogP contribution is 2.35. The van der Waals surface area contributed by atoms with E-state index in [0.717, 1.165) is 48.6 Å². The number of fused-ring (bicyclic) bond motifs is 1. The Morgan fingerprint density at radius 1 is 1.16 bits per heavy atom. The summed E-state index contributed by atoms with van der Waals surface area (Å²) in [5, 5.41) is 6.45. The van der Waals surface area contributed by atoms with Gasteiger partial charge in [-0.3, -0.25) is 9.69 Å². The third-order valence-electron chi connectivity index (χ3n) is 6.76. The van der Waals surface area contributed by atoms with Crippen molar-refractivity contribution in [1.82, 2.24) is 15.1 Å². The van der Waals surface area contributed by atoms with Crippen molar-refractivity contribution in [3.8, 4) is 5.75 Å². The molecule has 1 fully saturated rings. The van der Waals surface area contributed by atoms with Gasteiger partial charge >= 0.3 is 6.18 Å². The molecule has 2 N–H and O–H groups in total. The van der Waals surface area contributed by atoms with Crippen LogP contribution in [0.4, 0.5) is 18.9 Å². The lowest BCUT2D eigenvalue weighted by atomic mass is 10.1. The molecule has 37 heavy (non-hydrogen) atoms. The van der Waals surface area contributed by atoms with E-state index in [1.54, 1.807) is 6.07 Å². The van der Waals surface area contributed by atoms with E-state index in [4.69, 9.17) is 4.74 Å². The molecule has 6 nitrogen and oxygen atoms in total. The van der Waals surface area contributed by atoms with Crippen LogP contribution >= 0.6 is 0 Å². The van der Waals surface area contributed by atoms with Crippen LogP contribution in [0.1, 0.15) is 43.4 Å². The highest BCUT2D eigenvalue weighted by Gasteiger charge is 2.33. The first-order chi connectivity index (χ1) is 17.7. The van der Waals surface area contributed by atoms with E-state index in [9.17, 15) is 18.0 Å². The maximum atomic E-state index is 13.6. The van der Waals surface area contributed by atoms with Gasteiger partial charge in [0, 0.05) is 50.9 Å². The Balaban J connectivity index is 1.45. The van der Waals surface area contributed by atoms with Crippen molar-refractivity contribution in [3.63, 3.8) is 0 Å². The zero-order chi connectivity index (χ0) is 26.4. The number of hydrogen-bond donors (Lipinski definition) is 2. The van der Waals surface area contributed by atoms with Crippen molar-refractivity contribution in [1.29, 1.82) is 0 Å². The third-order valence-corrected chi connectivity index (χ3v) is 6.76. The topological polar surface area (TPSA) is 56.8 Å². The van der Waals surface area contributed by atoms with Gasteiger partial charge in [0.15, 0.2) is 0 Å². The summed E-state index contributed by atoms with van der Waals surface area (Å²) in [6, 6.07) is 11.5. The van der Waals surface area contributed by atoms with Crippen LogP contribution in [0, 0.1) is 5.92 Å². The second-order valence-electron chi connectivity index (χ2n) is 10.3. The largest absolute Gasteiger partial charge is 0.490 e. The molecule has 4 rings (SSSR count). The van der Waals surface area contributed by atoms with Crippen LogP contribution in [-0.2, 0) is 24.1 Å². The van der Waals surface area contributed by atoms with Gasteiger partial charge in [0.1, 0.15) is 12.4 Å². The van der Waals surface area contributed by atoms with Crippen LogP contribution in [0.3, 0.4) is 0 Å². The molecule has 0 unspecified atom stereocenters. The number of amides is 1. The van der Waals surface area contributed by atoms with Crippen molar-refractivity contribution < 1.29 is 22.7 Å². The second kappa shape index (κ2) is 12.2. The quantitative estimate of drug-likeness (QED) is 0.450. The number of hydrogen-bond acceptors (Lipinski definition) is 5. The van der Waals surface area contributed by atoms with E-state index >= 15 is 0 Å². The fraction of sp³-hybridized carbons (Fsp3) is 0.536. The average molecular weight is 519 g/mol. The van der Waals surface area contributed by atoms with Crippen LogP contribution in [0.25, 0.3) is 0 Å². The molecule has 2 aliphatic rings. The number of alkyl halides is 3. The van der Waals surface area contributed by atoms with Crippen molar-refractivity contribution in [2.24, 2.45) is 5.92 Å². The molecule has 0 aromatic heterocycles. The molecule has 1 aliphatic heterocycles. The molecular weight excluding hydrogens is 481 g/mol. The number of benzene rings is 2. The minimum absolute atomic E-state index is 0.0402. The highest BCUT2D eigenvalue weighted by atomic mass is 19.4. The number of para-hydroxylation sites is 1. The van der Waals surface area contributed by atoms with E-state index < -0.39 is 11.7 Å². The minimum atomic E-state index is -4.48. The average Bonchev–Trinajstić information content (AvgIpc) is 3.68. The molecule has 0 saturated heterocycles. The number of carbonyl (C=O) groups is 1. The lowest BCUT2D eigenvalue weighted by molar-refractivity contribution is -0.139. The van der Waals surface area contributed by atoms with Crippen LogP contribution in [0.5, 0.6) is 5.75 Å². The fourth-order valence-corrected chi connectivity index (χ4v) is 4.64.